The van der Waals surface area contributed by atoms with Crippen LogP contribution in [0.4, 0.5) is 5.69 Å². The predicted molar refractivity (Wildman–Crippen MR) is 78.4 cm³/mol. The molecule has 0 heterocycles. The number of nitrogens with one attached hydrogen (secondary N) is 1. The normalized spacial score (nSPS) is 11.4. The van der Waals surface area contributed by atoms with Gasteiger partial charge in [-0.3, -0.25) is 4.79 Å². The van der Waals surface area contributed by atoms with Crippen LogP contribution < -0.4 is 5.32 Å². The van der Waals surface area contributed by atoms with Crippen LogP contribution in [0.1, 0.15) is 39.7 Å². The first-order valence-electron chi connectivity index (χ1n) is 6.55. The van der Waals surface area contributed by atoms with Crippen molar-refractivity contribution in [1.82, 2.24) is 0 Å². The number of carbonyl (C=O) groups excluding carboxylic acids is 1. The fraction of sp³-hybridized carbons (Fsp3) is 0.438. The average Bonchev–Trinajstić information content (AvgIpc) is 2.26. The second kappa shape index (κ2) is 7.00. The predicted octanol–water partition coefficient (Wildman–Crippen LogP) is 4.34. The smallest absolute Gasteiger partial charge is 0.224 e. The van der Waals surface area contributed by atoms with Gasteiger partial charge in [0.05, 0.1) is 0 Å². The maximum atomic E-state index is 11.6. The minimum atomic E-state index is 0.0791. The summed E-state index contributed by atoms with van der Waals surface area (Å²) in [6, 6.07) is 7.92. The zero-order valence-electron chi connectivity index (χ0n) is 11.7. The van der Waals surface area contributed by atoms with Crippen molar-refractivity contribution in [1.29, 1.82) is 0 Å². The van der Waals surface area contributed by atoms with E-state index in [2.05, 4.69) is 31.3 Å². The molecule has 0 unspecified atom stereocenters. The molecule has 0 aliphatic heterocycles. The van der Waals surface area contributed by atoms with Crippen LogP contribution in [-0.2, 0) is 4.79 Å². The molecular formula is C16H23NO. The third-order valence-electron chi connectivity index (χ3n) is 2.46. The zero-order valence-corrected chi connectivity index (χ0v) is 11.7. The first-order chi connectivity index (χ1) is 8.47. The van der Waals surface area contributed by atoms with Crippen LogP contribution in [-0.4, -0.2) is 5.91 Å². The molecule has 1 N–H and O–H groups in total. The second-order valence-electron chi connectivity index (χ2n) is 5.37. The third kappa shape index (κ3) is 5.67. The highest BCUT2D eigenvalue weighted by atomic mass is 16.1. The lowest BCUT2D eigenvalue weighted by Crippen LogP contribution is -2.13. The third-order valence-corrected chi connectivity index (χ3v) is 2.46. The van der Waals surface area contributed by atoms with E-state index in [0.717, 1.165) is 11.3 Å². The van der Waals surface area contributed by atoms with Crippen LogP contribution in [0.3, 0.4) is 0 Å². The molecule has 1 amide bonds. The lowest BCUT2D eigenvalue weighted by molar-refractivity contribution is -0.116. The molecular weight excluding hydrogens is 222 g/mol. The Bertz CT molecular complexity index is 402. The first kappa shape index (κ1) is 14.5. The van der Waals surface area contributed by atoms with Gasteiger partial charge in [-0.1, -0.05) is 52.0 Å². The summed E-state index contributed by atoms with van der Waals surface area (Å²) >= 11 is 0. The number of rotatable bonds is 5. The van der Waals surface area contributed by atoms with Crippen molar-refractivity contribution >= 4 is 17.7 Å². The number of hydrogen-bond donors (Lipinski definition) is 1. The van der Waals surface area contributed by atoms with Gasteiger partial charge >= 0.3 is 0 Å². The molecule has 0 aliphatic carbocycles. The molecule has 1 aromatic rings. The summed E-state index contributed by atoms with van der Waals surface area (Å²) in [6.07, 6.45) is 4.83. The number of hydrogen-bond acceptors (Lipinski definition) is 1. The summed E-state index contributed by atoms with van der Waals surface area (Å²) in [7, 11) is 0. The van der Waals surface area contributed by atoms with E-state index in [1.54, 1.807) is 0 Å². The highest BCUT2D eigenvalue weighted by Gasteiger charge is 2.04. The van der Waals surface area contributed by atoms with E-state index in [1.807, 2.05) is 38.1 Å². The Morgan fingerprint density at radius 3 is 2.28 bits per heavy atom. The van der Waals surface area contributed by atoms with Gasteiger partial charge in [0.1, 0.15) is 0 Å². The van der Waals surface area contributed by atoms with Gasteiger partial charge in [-0.05, 0) is 29.5 Å². The summed E-state index contributed by atoms with van der Waals surface area (Å²) in [5, 5.41) is 2.90. The molecule has 0 saturated carbocycles. The van der Waals surface area contributed by atoms with Crippen LogP contribution in [0.5, 0.6) is 0 Å². The molecule has 0 radical (unpaired) electrons. The Labute approximate surface area is 110 Å². The summed E-state index contributed by atoms with van der Waals surface area (Å²) in [6.45, 7) is 8.38. The Hall–Kier alpha value is -1.57. The molecule has 2 nitrogen and oxygen atoms in total. The van der Waals surface area contributed by atoms with Gasteiger partial charge in [0.2, 0.25) is 5.91 Å². The summed E-state index contributed by atoms with van der Waals surface area (Å²) in [5.41, 5.74) is 2.02. The van der Waals surface area contributed by atoms with Crippen molar-refractivity contribution in [2.75, 3.05) is 5.32 Å². The van der Waals surface area contributed by atoms with Gasteiger partial charge in [-0.2, -0.15) is 0 Å². The van der Waals surface area contributed by atoms with Crippen LogP contribution >= 0.6 is 0 Å². The van der Waals surface area contributed by atoms with Crippen molar-refractivity contribution in [2.45, 2.75) is 34.1 Å². The molecule has 1 aromatic carbocycles. The van der Waals surface area contributed by atoms with E-state index in [1.165, 1.54) is 0 Å². The van der Waals surface area contributed by atoms with Crippen molar-refractivity contribution in [2.24, 2.45) is 11.8 Å². The summed E-state index contributed by atoms with van der Waals surface area (Å²) < 4.78 is 0. The van der Waals surface area contributed by atoms with Gasteiger partial charge in [-0.25, -0.2) is 0 Å². The standard InChI is InChI=1S/C16H23NO/c1-12(2)5-6-14-7-9-15(10-8-14)17-16(18)11-13(3)4/h5-10,12-13H,11H2,1-4H3,(H,17,18)/b6-5+. The Morgan fingerprint density at radius 1 is 1.17 bits per heavy atom. The van der Waals surface area contributed by atoms with Crippen molar-refractivity contribution in [3.8, 4) is 0 Å². The minimum absolute atomic E-state index is 0.0791. The highest BCUT2D eigenvalue weighted by molar-refractivity contribution is 5.90. The topological polar surface area (TPSA) is 29.1 Å². The Morgan fingerprint density at radius 2 is 1.78 bits per heavy atom. The number of carbonyl (C=O) groups is 1. The van der Waals surface area contributed by atoms with E-state index in [9.17, 15) is 4.79 Å². The second-order valence-corrected chi connectivity index (χ2v) is 5.37. The van der Waals surface area contributed by atoms with Gasteiger partial charge in [0.15, 0.2) is 0 Å². The number of benzene rings is 1. The molecule has 2 heteroatoms. The quantitative estimate of drug-likeness (QED) is 0.821. The van der Waals surface area contributed by atoms with Gasteiger partial charge in [0.25, 0.3) is 0 Å². The highest BCUT2D eigenvalue weighted by Crippen LogP contribution is 2.13. The van der Waals surface area contributed by atoms with E-state index in [0.29, 0.717) is 18.3 Å². The van der Waals surface area contributed by atoms with E-state index < -0.39 is 0 Å². The van der Waals surface area contributed by atoms with Crippen molar-refractivity contribution in [3.63, 3.8) is 0 Å². The van der Waals surface area contributed by atoms with E-state index >= 15 is 0 Å². The Balaban J connectivity index is 2.57. The van der Waals surface area contributed by atoms with Crippen molar-refractivity contribution in [3.05, 3.63) is 35.9 Å². The molecule has 0 fully saturated rings. The lowest BCUT2D eigenvalue weighted by Gasteiger charge is -2.07. The largest absolute Gasteiger partial charge is 0.326 e. The summed E-state index contributed by atoms with van der Waals surface area (Å²) in [4.78, 5) is 11.6. The zero-order chi connectivity index (χ0) is 13.5. The number of anilines is 1. The molecule has 0 aliphatic rings. The monoisotopic (exact) mass is 245 g/mol. The molecule has 0 bridgehead atoms. The SMILES string of the molecule is CC(C)/C=C/c1ccc(NC(=O)CC(C)C)cc1. The van der Waals surface area contributed by atoms with Crippen LogP contribution in [0, 0.1) is 11.8 Å². The van der Waals surface area contributed by atoms with Crippen LogP contribution in [0.25, 0.3) is 6.08 Å². The van der Waals surface area contributed by atoms with Gasteiger partial charge in [0, 0.05) is 12.1 Å². The first-order valence-corrected chi connectivity index (χ1v) is 6.55. The summed E-state index contributed by atoms with van der Waals surface area (Å²) in [5.74, 6) is 1.02. The Kier molecular flexibility index (Phi) is 5.63. The molecule has 1 rings (SSSR count). The number of allylic oxidation sites excluding steroid dienone is 1. The maximum Gasteiger partial charge on any atom is 0.224 e. The van der Waals surface area contributed by atoms with E-state index in [-0.39, 0.29) is 5.91 Å². The van der Waals surface area contributed by atoms with Gasteiger partial charge < -0.3 is 5.32 Å². The average molecular weight is 245 g/mol. The molecule has 0 spiro atoms. The minimum Gasteiger partial charge on any atom is -0.326 e. The van der Waals surface area contributed by atoms with E-state index in [4.69, 9.17) is 0 Å². The maximum absolute atomic E-state index is 11.6. The lowest BCUT2D eigenvalue weighted by atomic mass is 10.1. The van der Waals surface area contributed by atoms with Crippen molar-refractivity contribution < 1.29 is 4.79 Å². The van der Waals surface area contributed by atoms with Gasteiger partial charge in [-0.15, -0.1) is 0 Å². The molecule has 18 heavy (non-hydrogen) atoms. The molecule has 0 aromatic heterocycles. The van der Waals surface area contributed by atoms with Crippen LogP contribution in [0.15, 0.2) is 30.3 Å². The fourth-order valence-electron chi connectivity index (χ4n) is 1.56. The fourth-order valence-corrected chi connectivity index (χ4v) is 1.56. The molecule has 0 saturated heterocycles. The van der Waals surface area contributed by atoms with Crippen LogP contribution in [0.2, 0.25) is 0 Å². The molecule has 98 valence electrons. The number of amides is 1. The molecule has 0 atom stereocenters.